The number of anilines is 2. The standard InChI is InChI=1S/C23H20F3N5O2/c1-33-21(32)17-15(11-12-7-3-2-4-8-12)29-20-18(19(27)30-22(28)31-20)16(17)13-9-5-6-10-14(13)23(24,25)26/h2-10,16-17H,11H2,1H3,(H4,27,28,30,31). The number of nitrogens with two attached hydrogens (primary N) is 2. The van der Waals surface area contributed by atoms with E-state index in [0.29, 0.717) is 5.71 Å². The molecule has 2 heterocycles. The second-order valence-corrected chi connectivity index (χ2v) is 7.53. The highest BCUT2D eigenvalue weighted by Crippen LogP contribution is 2.48. The van der Waals surface area contributed by atoms with Crippen molar-refractivity contribution in [3.8, 4) is 0 Å². The van der Waals surface area contributed by atoms with Crippen molar-refractivity contribution in [2.75, 3.05) is 18.6 Å². The lowest BCUT2D eigenvalue weighted by Crippen LogP contribution is -2.37. The molecule has 3 aromatic rings. The van der Waals surface area contributed by atoms with Gasteiger partial charge in [-0.15, -0.1) is 0 Å². The summed E-state index contributed by atoms with van der Waals surface area (Å²) in [5, 5.41) is 0. The molecule has 0 fully saturated rings. The van der Waals surface area contributed by atoms with Crippen LogP contribution < -0.4 is 11.5 Å². The summed E-state index contributed by atoms with van der Waals surface area (Å²) in [5.74, 6) is -3.38. The summed E-state index contributed by atoms with van der Waals surface area (Å²) in [6.07, 6.45) is -4.48. The highest BCUT2D eigenvalue weighted by Gasteiger charge is 2.45. The average molecular weight is 455 g/mol. The molecule has 2 aromatic carbocycles. The summed E-state index contributed by atoms with van der Waals surface area (Å²) < 4.78 is 46.9. The highest BCUT2D eigenvalue weighted by atomic mass is 19.4. The molecule has 1 aliphatic rings. The first-order valence-corrected chi connectivity index (χ1v) is 9.99. The van der Waals surface area contributed by atoms with Crippen molar-refractivity contribution in [1.82, 2.24) is 9.97 Å². The van der Waals surface area contributed by atoms with Crippen molar-refractivity contribution in [3.63, 3.8) is 0 Å². The van der Waals surface area contributed by atoms with Crippen LogP contribution in [0.1, 0.15) is 28.2 Å². The predicted molar refractivity (Wildman–Crippen MR) is 117 cm³/mol. The fourth-order valence-electron chi connectivity index (χ4n) is 4.16. The molecular formula is C23H20F3N5O2. The molecule has 1 aromatic heterocycles. The number of aliphatic imine (C=N–C) groups is 1. The van der Waals surface area contributed by atoms with Gasteiger partial charge in [0.15, 0.2) is 5.82 Å². The van der Waals surface area contributed by atoms with Crippen molar-refractivity contribution in [3.05, 3.63) is 76.9 Å². The Balaban J connectivity index is 2.00. The molecule has 4 rings (SSSR count). The quantitative estimate of drug-likeness (QED) is 0.576. The van der Waals surface area contributed by atoms with E-state index in [4.69, 9.17) is 16.2 Å². The zero-order valence-corrected chi connectivity index (χ0v) is 17.5. The van der Waals surface area contributed by atoms with E-state index in [1.807, 2.05) is 30.3 Å². The van der Waals surface area contributed by atoms with Gasteiger partial charge >= 0.3 is 12.1 Å². The van der Waals surface area contributed by atoms with E-state index in [9.17, 15) is 18.0 Å². The smallest absolute Gasteiger partial charge is 0.416 e. The summed E-state index contributed by atoms with van der Waals surface area (Å²) in [6.45, 7) is 0. The van der Waals surface area contributed by atoms with E-state index >= 15 is 0 Å². The number of fused-ring (bicyclic) bond motifs is 1. The van der Waals surface area contributed by atoms with Crippen LogP contribution in [0, 0.1) is 5.92 Å². The van der Waals surface area contributed by atoms with Gasteiger partial charge in [0.2, 0.25) is 5.95 Å². The van der Waals surface area contributed by atoms with Crippen LogP contribution in [-0.2, 0) is 22.1 Å². The first kappa shape index (κ1) is 22.3. The number of halogens is 3. The summed E-state index contributed by atoms with van der Waals surface area (Å²) >= 11 is 0. The molecule has 7 nitrogen and oxygen atoms in total. The second kappa shape index (κ2) is 8.53. The Morgan fingerprint density at radius 1 is 1.03 bits per heavy atom. The lowest BCUT2D eigenvalue weighted by atomic mass is 9.74. The zero-order chi connectivity index (χ0) is 23.8. The number of methoxy groups -OCH3 is 1. The second-order valence-electron chi connectivity index (χ2n) is 7.53. The molecule has 0 radical (unpaired) electrons. The Hall–Kier alpha value is -3.95. The van der Waals surface area contributed by atoms with Crippen LogP contribution in [0.3, 0.4) is 0 Å². The summed E-state index contributed by atoms with van der Waals surface area (Å²) in [6, 6.07) is 14.1. The molecular weight excluding hydrogens is 435 g/mol. The predicted octanol–water partition coefficient (Wildman–Crippen LogP) is 3.91. The fraction of sp³-hybridized carbons (Fsp3) is 0.217. The van der Waals surface area contributed by atoms with E-state index in [-0.39, 0.29) is 35.1 Å². The van der Waals surface area contributed by atoms with Gasteiger partial charge in [-0.1, -0.05) is 48.5 Å². The molecule has 0 bridgehead atoms. The first-order valence-electron chi connectivity index (χ1n) is 9.99. The number of benzene rings is 2. The molecule has 0 spiro atoms. The van der Waals surface area contributed by atoms with E-state index in [1.54, 1.807) is 0 Å². The monoisotopic (exact) mass is 455 g/mol. The Morgan fingerprint density at radius 3 is 2.36 bits per heavy atom. The number of nitrogen functional groups attached to an aromatic ring is 2. The largest absolute Gasteiger partial charge is 0.468 e. The van der Waals surface area contributed by atoms with Gasteiger partial charge in [-0.2, -0.15) is 23.1 Å². The minimum absolute atomic E-state index is 0.0352. The number of carbonyl (C=O) groups is 1. The number of ether oxygens (including phenoxy) is 1. The fourth-order valence-corrected chi connectivity index (χ4v) is 4.16. The van der Waals surface area contributed by atoms with Crippen molar-refractivity contribution >= 4 is 29.3 Å². The van der Waals surface area contributed by atoms with Crippen molar-refractivity contribution < 1.29 is 22.7 Å². The van der Waals surface area contributed by atoms with E-state index in [1.165, 1.54) is 25.3 Å². The van der Waals surface area contributed by atoms with Crippen molar-refractivity contribution in [2.24, 2.45) is 10.9 Å². The van der Waals surface area contributed by atoms with Crippen molar-refractivity contribution in [1.29, 1.82) is 0 Å². The van der Waals surface area contributed by atoms with Crippen LogP contribution >= 0.6 is 0 Å². The SMILES string of the molecule is COC(=O)C1C(Cc2ccccc2)=Nc2nc(N)nc(N)c2C1c1ccccc1C(F)(F)F. The van der Waals surface area contributed by atoms with Crippen LogP contribution in [0.2, 0.25) is 0 Å². The minimum Gasteiger partial charge on any atom is -0.468 e. The van der Waals surface area contributed by atoms with Gasteiger partial charge in [-0.25, -0.2) is 4.99 Å². The molecule has 2 atom stereocenters. The van der Waals surface area contributed by atoms with Gasteiger partial charge in [-0.05, 0) is 17.2 Å². The maximum absolute atomic E-state index is 14.0. The van der Waals surface area contributed by atoms with Gasteiger partial charge in [-0.3, -0.25) is 4.79 Å². The Morgan fingerprint density at radius 2 is 1.70 bits per heavy atom. The molecule has 0 saturated carbocycles. The van der Waals surface area contributed by atoms with Crippen LogP contribution in [0.5, 0.6) is 0 Å². The molecule has 0 amide bonds. The number of aromatic nitrogens is 2. The van der Waals surface area contributed by atoms with Gasteiger partial charge in [0.05, 0.1) is 12.7 Å². The average Bonchev–Trinajstić information content (AvgIpc) is 2.77. The maximum Gasteiger partial charge on any atom is 0.416 e. The summed E-state index contributed by atoms with van der Waals surface area (Å²) in [7, 11) is 1.17. The van der Waals surface area contributed by atoms with Crippen LogP contribution in [0.4, 0.5) is 30.8 Å². The molecule has 1 aliphatic heterocycles. The van der Waals surface area contributed by atoms with Gasteiger partial charge in [0.1, 0.15) is 11.7 Å². The molecule has 0 saturated heterocycles. The Kier molecular flexibility index (Phi) is 5.75. The number of carbonyl (C=O) groups excluding carboxylic acids is 1. The van der Waals surface area contributed by atoms with E-state index in [0.717, 1.165) is 11.6 Å². The summed E-state index contributed by atoms with van der Waals surface area (Å²) in [4.78, 5) is 25.6. The Bertz CT molecular complexity index is 1230. The zero-order valence-electron chi connectivity index (χ0n) is 17.5. The topological polar surface area (TPSA) is 116 Å². The normalized spacial score (nSPS) is 17.8. The molecule has 33 heavy (non-hydrogen) atoms. The Labute approximate surface area is 187 Å². The minimum atomic E-state index is -4.67. The van der Waals surface area contributed by atoms with Crippen LogP contribution in [0.15, 0.2) is 59.6 Å². The number of hydrogen-bond donors (Lipinski definition) is 2. The third kappa shape index (κ3) is 4.23. The van der Waals surface area contributed by atoms with Crippen molar-refractivity contribution in [2.45, 2.75) is 18.5 Å². The molecule has 10 heteroatoms. The van der Waals surface area contributed by atoms with Crippen LogP contribution in [0.25, 0.3) is 0 Å². The summed E-state index contributed by atoms with van der Waals surface area (Å²) in [5.41, 5.74) is 12.0. The lowest BCUT2D eigenvalue weighted by Gasteiger charge is -2.33. The number of rotatable bonds is 4. The first-order chi connectivity index (χ1) is 15.7. The van der Waals surface area contributed by atoms with E-state index in [2.05, 4.69) is 15.0 Å². The number of esters is 1. The van der Waals surface area contributed by atoms with Gasteiger partial charge in [0.25, 0.3) is 0 Å². The highest BCUT2D eigenvalue weighted by molar-refractivity contribution is 6.07. The third-order valence-electron chi connectivity index (χ3n) is 5.51. The third-order valence-corrected chi connectivity index (χ3v) is 5.51. The number of hydrogen-bond acceptors (Lipinski definition) is 7. The molecule has 0 aliphatic carbocycles. The maximum atomic E-state index is 14.0. The van der Waals surface area contributed by atoms with E-state index < -0.39 is 29.5 Å². The lowest BCUT2D eigenvalue weighted by molar-refractivity contribution is -0.144. The number of nitrogens with zero attached hydrogens (tertiary/aromatic N) is 3. The molecule has 170 valence electrons. The van der Waals surface area contributed by atoms with Crippen LogP contribution in [-0.4, -0.2) is 28.8 Å². The molecule has 4 N–H and O–H groups in total. The van der Waals surface area contributed by atoms with Gasteiger partial charge in [0, 0.05) is 23.6 Å². The number of alkyl halides is 3. The molecule has 2 unspecified atom stereocenters. The van der Waals surface area contributed by atoms with Gasteiger partial charge < -0.3 is 16.2 Å².